The zero-order valence-corrected chi connectivity index (χ0v) is 13.5. The molecular formula is C19H22N2O. The summed E-state index contributed by atoms with van der Waals surface area (Å²) in [7, 11) is 0. The number of aryl methyl sites for hydroxylation is 2. The minimum atomic E-state index is 0.650. The largest absolute Gasteiger partial charge is 0.491 e. The van der Waals surface area contributed by atoms with Crippen molar-refractivity contribution in [3.8, 4) is 5.75 Å². The van der Waals surface area contributed by atoms with Crippen LogP contribution in [0, 0.1) is 13.8 Å². The summed E-state index contributed by atoms with van der Waals surface area (Å²) in [6.07, 6.45) is 0.929. The summed E-state index contributed by atoms with van der Waals surface area (Å²) in [6, 6.07) is 14.5. The molecule has 0 aliphatic carbocycles. The highest BCUT2D eigenvalue weighted by Gasteiger charge is 2.09. The molecule has 0 saturated carbocycles. The highest BCUT2D eigenvalue weighted by atomic mass is 16.5. The average molecular weight is 294 g/mol. The molecular weight excluding hydrogens is 272 g/mol. The molecule has 0 aliphatic rings. The van der Waals surface area contributed by atoms with Gasteiger partial charge < -0.3 is 9.30 Å². The fourth-order valence-electron chi connectivity index (χ4n) is 2.77. The molecule has 0 unspecified atom stereocenters. The van der Waals surface area contributed by atoms with Crippen LogP contribution in [0.2, 0.25) is 0 Å². The van der Waals surface area contributed by atoms with Crippen LogP contribution < -0.4 is 4.74 Å². The van der Waals surface area contributed by atoms with Crippen molar-refractivity contribution in [2.75, 3.05) is 6.61 Å². The van der Waals surface area contributed by atoms with Crippen LogP contribution >= 0.6 is 0 Å². The molecule has 1 aromatic heterocycles. The van der Waals surface area contributed by atoms with E-state index in [9.17, 15) is 0 Å². The van der Waals surface area contributed by atoms with E-state index in [1.54, 1.807) is 0 Å². The van der Waals surface area contributed by atoms with E-state index in [1.165, 1.54) is 16.6 Å². The fourth-order valence-corrected chi connectivity index (χ4v) is 2.77. The van der Waals surface area contributed by atoms with Crippen LogP contribution in [0.15, 0.2) is 42.5 Å². The van der Waals surface area contributed by atoms with Crippen molar-refractivity contribution in [2.45, 2.75) is 33.7 Å². The predicted molar refractivity (Wildman–Crippen MR) is 90.5 cm³/mol. The number of aromatic nitrogens is 2. The van der Waals surface area contributed by atoms with E-state index in [4.69, 9.17) is 9.72 Å². The van der Waals surface area contributed by atoms with Gasteiger partial charge in [0.25, 0.3) is 0 Å². The minimum absolute atomic E-state index is 0.650. The normalized spacial score (nSPS) is 11.0. The highest BCUT2D eigenvalue weighted by molar-refractivity contribution is 5.75. The molecule has 3 heteroatoms. The number of hydrogen-bond acceptors (Lipinski definition) is 2. The Morgan fingerprint density at radius 3 is 2.68 bits per heavy atom. The lowest BCUT2D eigenvalue weighted by Gasteiger charge is -2.12. The van der Waals surface area contributed by atoms with Gasteiger partial charge in [0, 0.05) is 6.42 Å². The zero-order chi connectivity index (χ0) is 15.5. The number of ether oxygens (including phenoxy) is 1. The van der Waals surface area contributed by atoms with E-state index in [2.05, 4.69) is 49.6 Å². The van der Waals surface area contributed by atoms with Crippen LogP contribution in [-0.2, 0) is 13.0 Å². The monoisotopic (exact) mass is 294 g/mol. The summed E-state index contributed by atoms with van der Waals surface area (Å²) in [4.78, 5) is 4.70. The maximum Gasteiger partial charge on any atom is 0.122 e. The first-order chi connectivity index (χ1) is 10.7. The minimum Gasteiger partial charge on any atom is -0.491 e. The number of para-hydroxylation sites is 2. The van der Waals surface area contributed by atoms with Gasteiger partial charge in [-0.3, -0.25) is 0 Å². The molecule has 2 aromatic carbocycles. The lowest BCUT2D eigenvalue weighted by Crippen LogP contribution is -2.11. The Morgan fingerprint density at radius 2 is 1.86 bits per heavy atom. The molecule has 0 amide bonds. The Balaban J connectivity index is 1.78. The van der Waals surface area contributed by atoms with Gasteiger partial charge in [0.1, 0.15) is 18.2 Å². The Hall–Kier alpha value is -2.29. The number of imidazole rings is 1. The van der Waals surface area contributed by atoms with Crippen molar-refractivity contribution in [1.82, 2.24) is 9.55 Å². The van der Waals surface area contributed by atoms with E-state index in [0.29, 0.717) is 6.61 Å². The molecule has 22 heavy (non-hydrogen) atoms. The molecule has 114 valence electrons. The van der Waals surface area contributed by atoms with Gasteiger partial charge in [-0.2, -0.15) is 0 Å². The summed E-state index contributed by atoms with van der Waals surface area (Å²) in [5, 5.41) is 0. The van der Waals surface area contributed by atoms with E-state index in [1.807, 2.05) is 18.2 Å². The zero-order valence-electron chi connectivity index (χ0n) is 13.5. The van der Waals surface area contributed by atoms with Crippen LogP contribution in [0.3, 0.4) is 0 Å². The molecule has 1 heterocycles. The number of rotatable bonds is 5. The molecule has 0 bridgehead atoms. The standard InChI is InChI=1S/C19H22N2O/c1-4-19-20-16-9-5-6-10-17(16)21(19)12-13-22-18-11-7-8-14(2)15(18)3/h5-11H,4,12-13H2,1-3H3. The average Bonchev–Trinajstić information content (AvgIpc) is 2.89. The van der Waals surface area contributed by atoms with Gasteiger partial charge in [0.05, 0.1) is 17.6 Å². The molecule has 3 rings (SSSR count). The number of benzene rings is 2. The van der Waals surface area contributed by atoms with Crippen LogP contribution in [0.4, 0.5) is 0 Å². The van der Waals surface area contributed by atoms with Crippen molar-refractivity contribution in [3.05, 3.63) is 59.4 Å². The SMILES string of the molecule is CCc1nc2ccccc2n1CCOc1cccc(C)c1C. The second-order valence-corrected chi connectivity index (χ2v) is 5.57. The Bertz CT molecular complexity index is 789. The van der Waals surface area contributed by atoms with Crippen LogP contribution in [0.25, 0.3) is 11.0 Å². The molecule has 0 spiro atoms. The van der Waals surface area contributed by atoms with Crippen LogP contribution in [-0.4, -0.2) is 16.2 Å². The van der Waals surface area contributed by atoms with E-state index in [0.717, 1.165) is 30.1 Å². The van der Waals surface area contributed by atoms with Gasteiger partial charge in [0.2, 0.25) is 0 Å². The highest BCUT2D eigenvalue weighted by Crippen LogP contribution is 2.21. The van der Waals surface area contributed by atoms with Gasteiger partial charge in [0.15, 0.2) is 0 Å². The lowest BCUT2D eigenvalue weighted by molar-refractivity contribution is 0.296. The first-order valence-electron chi connectivity index (χ1n) is 7.84. The lowest BCUT2D eigenvalue weighted by atomic mass is 10.1. The summed E-state index contributed by atoms with van der Waals surface area (Å²) in [5.41, 5.74) is 4.73. The summed E-state index contributed by atoms with van der Waals surface area (Å²) in [5.74, 6) is 2.09. The smallest absolute Gasteiger partial charge is 0.122 e. The third-order valence-corrected chi connectivity index (χ3v) is 4.18. The molecule has 3 aromatic rings. The first kappa shape index (κ1) is 14.6. The topological polar surface area (TPSA) is 27.1 Å². The number of fused-ring (bicyclic) bond motifs is 1. The molecule has 0 saturated heterocycles. The molecule has 0 N–H and O–H groups in total. The van der Waals surface area contributed by atoms with Crippen molar-refractivity contribution < 1.29 is 4.74 Å². The quantitative estimate of drug-likeness (QED) is 0.701. The van der Waals surface area contributed by atoms with Gasteiger partial charge in [-0.05, 0) is 43.2 Å². The summed E-state index contributed by atoms with van der Waals surface area (Å²) >= 11 is 0. The van der Waals surface area contributed by atoms with E-state index < -0.39 is 0 Å². The first-order valence-corrected chi connectivity index (χ1v) is 7.84. The second-order valence-electron chi connectivity index (χ2n) is 5.57. The van der Waals surface area contributed by atoms with E-state index in [-0.39, 0.29) is 0 Å². The van der Waals surface area contributed by atoms with Crippen molar-refractivity contribution >= 4 is 11.0 Å². The fraction of sp³-hybridized carbons (Fsp3) is 0.316. The second kappa shape index (κ2) is 6.22. The maximum atomic E-state index is 5.99. The van der Waals surface area contributed by atoms with Crippen LogP contribution in [0.1, 0.15) is 23.9 Å². The Kier molecular flexibility index (Phi) is 4.14. The molecule has 0 fully saturated rings. The summed E-state index contributed by atoms with van der Waals surface area (Å²) < 4.78 is 8.26. The Morgan fingerprint density at radius 1 is 1.05 bits per heavy atom. The molecule has 3 nitrogen and oxygen atoms in total. The van der Waals surface area contributed by atoms with E-state index >= 15 is 0 Å². The van der Waals surface area contributed by atoms with Crippen molar-refractivity contribution in [2.24, 2.45) is 0 Å². The summed E-state index contributed by atoms with van der Waals surface area (Å²) in [6.45, 7) is 7.83. The van der Waals surface area contributed by atoms with Crippen LogP contribution in [0.5, 0.6) is 5.75 Å². The molecule has 0 atom stereocenters. The number of hydrogen-bond donors (Lipinski definition) is 0. The Labute approximate surface area is 131 Å². The van der Waals surface area contributed by atoms with Crippen molar-refractivity contribution in [3.63, 3.8) is 0 Å². The van der Waals surface area contributed by atoms with Gasteiger partial charge in [-0.25, -0.2) is 4.98 Å². The molecule has 0 radical (unpaired) electrons. The van der Waals surface area contributed by atoms with Gasteiger partial charge in [-0.15, -0.1) is 0 Å². The van der Waals surface area contributed by atoms with Gasteiger partial charge >= 0.3 is 0 Å². The maximum absolute atomic E-state index is 5.99. The third kappa shape index (κ3) is 2.71. The van der Waals surface area contributed by atoms with Crippen molar-refractivity contribution in [1.29, 1.82) is 0 Å². The predicted octanol–water partition coefficient (Wildman–Crippen LogP) is 4.29. The number of nitrogens with zero attached hydrogens (tertiary/aromatic N) is 2. The molecule has 0 aliphatic heterocycles. The van der Waals surface area contributed by atoms with Gasteiger partial charge in [-0.1, -0.05) is 31.2 Å². The third-order valence-electron chi connectivity index (χ3n) is 4.18.